The number of ether oxygens (including phenoxy) is 1. The molecular formula is C27H32N6O2. The highest BCUT2D eigenvalue weighted by molar-refractivity contribution is 6.03. The molecular weight excluding hydrogens is 440 g/mol. The van der Waals surface area contributed by atoms with Crippen LogP contribution in [0.2, 0.25) is 0 Å². The zero-order valence-electron chi connectivity index (χ0n) is 20.5. The topological polar surface area (TPSA) is 98.9 Å². The smallest absolute Gasteiger partial charge is 0.253 e. The van der Waals surface area contributed by atoms with Crippen LogP contribution in [-0.2, 0) is 11.3 Å². The van der Waals surface area contributed by atoms with Crippen LogP contribution in [0.3, 0.4) is 0 Å². The van der Waals surface area contributed by atoms with Gasteiger partial charge in [0.05, 0.1) is 6.20 Å². The summed E-state index contributed by atoms with van der Waals surface area (Å²) in [6.45, 7) is 8.96. The molecule has 3 aromatic heterocycles. The summed E-state index contributed by atoms with van der Waals surface area (Å²) in [6, 6.07) is 8.92. The van der Waals surface area contributed by atoms with Gasteiger partial charge in [-0.2, -0.15) is 5.10 Å². The molecule has 5 rings (SSSR count). The summed E-state index contributed by atoms with van der Waals surface area (Å²) in [5, 5.41) is 12.7. The molecule has 8 heteroatoms. The van der Waals surface area contributed by atoms with Crippen LogP contribution < -0.4 is 15.8 Å². The number of rotatable bonds is 7. The molecule has 4 heterocycles. The molecule has 0 bridgehead atoms. The number of nitrogens with one attached hydrogen (secondary N) is 3. The summed E-state index contributed by atoms with van der Waals surface area (Å²) < 4.78 is 5.63. The van der Waals surface area contributed by atoms with Crippen molar-refractivity contribution in [2.75, 3.05) is 30.0 Å². The third-order valence-electron chi connectivity index (χ3n) is 6.90. The minimum absolute atomic E-state index is 0.0633. The lowest BCUT2D eigenvalue weighted by atomic mass is 9.99. The van der Waals surface area contributed by atoms with Gasteiger partial charge in [-0.05, 0) is 69.0 Å². The maximum Gasteiger partial charge on any atom is 0.253 e. The molecule has 1 aliphatic heterocycles. The van der Waals surface area contributed by atoms with E-state index in [0.29, 0.717) is 12.6 Å². The van der Waals surface area contributed by atoms with Crippen molar-refractivity contribution in [1.29, 1.82) is 0 Å². The molecule has 182 valence electrons. The minimum atomic E-state index is -0.0633. The Bertz CT molecular complexity index is 1370. The van der Waals surface area contributed by atoms with E-state index in [9.17, 15) is 4.79 Å². The van der Waals surface area contributed by atoms with Crippen LogP contribution in [-0.4, -0.2) is 46.0 Å². The summed E-state index contributed by atoms with van der Waals surface area (Å²) >= 11 is 0. The lowest BCUT2D eigenvalue weighted by molar-refractivity contribution is 0.0847. The van der Waals surface area contributed by atoms with Gasteiger partial charge in [0.1, 0.15) is 5.82 Å². The van der Waals surface area contributed by atoms with Crippen LogP contribution in [0, 0.1) is 13.8 Å². The highest BCUT2D eigenvalue weighted by Gasteiger charge is 2.23. The number of aromatic amines is 2. The molecule has 0 atom stereocenters. The molecule has 1 fully saturated rings. The van der Waals surface area contributed by atoms with E-state index in [4.69, 9.17) is 4.74 Å². The fourth-order valence-corrected chi connectivity index (χ4v) is 5.11. The SMILES string of the molecule is CCN(c1cc(-c2cn[nH]c2)cc2c(NCc3c(C)cc(C)[nH]c3=O)nccc12)C1CCOCC1. The van der Waals surface area contributed by atoms with Gasteiger partial charge in [0.2, 0.25) is 0 Å². The Morgan fingerprint density at radius 3 is 2.69 bits per heavy atom. The van der Waals surface area contributed by atoms with Gasteiger partial charge in [-0.25, -0.2) is 4.98 Å². The average Bonchev–Trinajstić information content (AvgIpc) is 3.40. The summed E-state index contributed by atoms with van der Waals surface area (Å²) in [6.07, 6.45) is 7.62. The maximum absolute atomic E-state index is 12.6. The standard InChI is InChI=1S/C27H32N6O2/c1-4-33(21-6-9-35-10-7-21)25-13-19(20-14-30-31-15-20)12-23-22(25)5-8-28-26(23)29-16-24-17(2)11-18(3)32-27(24)34/h5,8,11-15,21H,4,6-7,9-10,16H2,1-3H3,(H,28,29)(H,30,31)(H,32,34). The Kier molecular flexibility index (Phi) is 6.55. The van der Waals surface area contributed by atoms with Crippen LogP contribution in [0.1, 0.15) is 36.6 Å². The lowest BCUT2D eigenvalue weighted by Crippen LogP contribution is -2.39. The molecule has 0 amide bonds. The molecule has 0 spiro atoms. The molecule has 0 radical (unpaired) electrons. The van der Waals surface area contributed by atoms with E-state index < -0.39 is 0 Å². The van der Waals surface area contributed by atoms with Crippen LogP contribution in [0.25, 0.3) is 21.9 Å². The second-order valence-electron chi connectivity index (χ2n) is 9.16. The van der Waals surface area contributed by atoms with Crippen molar-refractivity contribution >= 4 is 22.3 Å². The Balaban J connectivity index is 1.60. The van der Waals surface area contributed by atoms with Gasteiger partial charge in [0, 0.05) is 78.0 Å². The van der Waals surface area contributed by atoms with Crippen molar-refractivity contribution in [3.05, 3.63) is 70.0 Å². The Hall–Kier alpha value is -3.65. The second kappa shape index (κ2) is 9.92. The quantitative estimate of drug-likeness (QED) is 0.365. The van der Waals surface area contributed by atoms with Crippen LogP contribution in [0.4, 0.5) is 11.5 Å². The fraction of sp³-hybridized carbons (Fsp3) is 0.370. The number of H-pyrrole nitrogens is 2. The fourth-order valence-electron chi connectivity index (χ4n) is 5.11. The zero-order chi connectivity index (χ0) is 24.4. The van der Waals surface area contributed by atoms with E-state index in [1.165, 1.54) is 5.69 Å². The van der Waals surface area contributed by atoms with E-state index in [0.717, 1.165) is 77.1 Å². The van der Waals surface area contributed by atoms with Crippen LogP contribution >= 0.6 is 0 Å². The van der Waals surface area contributed by atoms with Crippen LogP contribution in [0.5, 0.6) is 0 Å². The number of aromatic nitrogens is 4. The van der Waals surface area contributed by atoms with Gasteiger partial charge < -0.3 is 19.9 Å². The largest absolute Gasteiger partial charge is 0.381 e. The molecule has 1 aliphatic rings. The first-order valence-electron chi connectivity index (χ1n) is 12.2. The van der Waals surface area contributed by atoms with Crippen molar-refractivity contribution in [2.45, 2.75) is 46.2 Å². The van der Waals surface area contributed by atoms with Gasteiger partial charge in [0.15, 0.2) is 0 Å². The number of hydrogen-bond donors (Lipinski definition) is 3. The highest BCUT2D eigenvalue weighted by atomic mass is 16.5. The summed E-state index contributed by atoms with van der Waals surface area (Å²) in [5.74, 6) is 0.761. The molecule has 1 saturated heterocycles. The number of fused-ring (bicyclic) bond motifs is 1. The van der Waals surface area contributed by atoms with E-state index >= 15 is 0 Å². The molecule has 8 nitrogen and oxygen atoms in total. The summed E-state index contributed by atoms with van der Waals surface area (Å²) in [4.78, 5) is 22.6. The number of benzene rings is 1. The van der Waals surface area contributed by atoms with Crippen molar-refractivity contribution < 1.29 is 4.74 Å². The van der Waals surface area contributed by atoms with Crippen molar-refractivity contribution in [2.24, 2.45) is 0 Å². The average molecular weight is 473 g/mol. The molecule has 0 aliphatic carbocycles. The number of hydrogen-bond acceptors (Lipinski definition) is 6. The van der Waals surface area contributed by atoms with E-state index in [2.05, 4.69) is 55.5 Å². The number of aryl methyl sites for hydroxylation is 2. The van der Waals surface area contributed by atoms with Gasteiger partial charge in [-0.15, -0.1) is 0 Å². The van der Waals surface area contributed by atoms with Crippen molar-refractivity contribution in [3.8, 4) is 11.1 Å². The maximum atomic E-state index is 12.6. The van der Waals surface area contributed by atoms with Gasteiger partial charge in [0.25, 0.3) is 5.56 Å². The molecule has 3 N–H and O–H groups in total. The van der Waals surface area contributed by atoms with Crippen molar-refractivity contribution in [1.82, 2.24) is 20.2 Å². The van der Waals surface area contributed by atoms with E-state index in [1.54, 1.807) is 0 Å². The predicted molar refractivity (Wildman–Crippen MR) is 140 cm³/mol. The van der Waals surface area contributed by atoms with Crippen molar-refractivity contribution in [3.63, 3.8) is 0 Å². The van der Waals surface area contributed by atoms with Gasteiger partial charge in [-0.3, -0.25) is 9.89 Å². The van der Waals surface area contributed by atoms with Gasteiger partial charge >= 0.3 is 0 Å². The number of nitrogens with zero attached hydrogens (tertiary/aromatic N) is 3. The normalized spacial score (nSPS) is 14.4. The second-order valence-corrected chi connectivity index (χ2v) is 9.16. The Labute approximate surface area is 204 Å². The lowest BCUT2D eigenvalue weighted by Gasteiger charge is -2.36. The third kappa shape index (κ3) is 4.66. The zero-order valence-corrected chi connectivity index (χ0v) is 20.5. The van der Waals surface area contributed by atoms with E-state index in [1.807, 2.05) is 38.5 Å². The highest BCUT2D eigenvalue weighted by Crippen LogP contribution is 2.37. The van der Waals surface area contributed by atoms with E-state index in [-0.39, 0.29) is 5.56 Å². The van der Waals surface area contributed by atoms with Crippen LogP contribution in [0.15, 0.2) is 47.7 Å². The molecule has 0 unspecified atom stereocenters. The first kappa shape index (κ1) is 23.1. The molecule has 35 heavy (non-hydrogen) atoms. The summed E-state index contributed by atoms with van der Waals surface area (Å²) in [5.41, 5.74) is 5.77. The molecule has 0 saturated carbocycles. The predicted octanol–water partition coefficient (Wildman–Crippen LogP) is 4.55. The molecule has 4 aromatic rings. The molecule has 1 aromatic carbocycles. The third-order valence-corrected chi connectivity index (χ3v) is 6.90. The summed E-state index contributed by atoms with van der Waals surface area (Å²) in [7, 11) is 0. The number of pyridine rings is 2. The first-order chi connectivity index (χ1) is 17.0. The van der Waals surface area contributed by atoms with Gasteiger partial charge in [-0.1, -0.05) is 0 Å². The Morgan fingerprint density at radius 2 is 1.97 bits per heavy atom. The first-order valence-corrected chi connectivity index (χ1v) is 12.2. The monoisotopic (exact) mass is 472 g/mol. The number of anilines is 2. The Morgan fingerprint density at radius 1 is 1.14 bits per heavy atom. The minimum Gasteiger partial charge on any atom is -0.381 e.